The Balaban J connectivity index is 1.73. The molecule has 1 atom stereocenters. The monoisotopic (exact) mass is 219 g/mol. The maximum atomic E-state index is 4.46. The molecule has 16 heavy (non-hydrogen) atoms. The van der Waals surface area contributed by atoms with Crippen LogP contribution in [0.1, 0.15) is 52.0 Å². The van der Waals surface area contributed by atoms with Crippen LogP contribution in [0, 0.1) is 5.41 Å². The Morgan fingerprint density at radius 3 is 2.69 bits per heavy atom. The molecule has 1 N–H and O–H groups in total. The predicted octanol–water partition coefficient (Wildman–Crippen LogP) is 3.21. The van der Waals surface area contributed by atoms with E-state index in [-0.39, 0.29) is 0 Å². The normalized spacial score (nSPS) is 28.2. The zero-order valence-electron chi connectivity index (χ0n) is 10.2. The zero-order chi connectivity index (χ0) is 11.2. The summed E-state index contributed by atoms with van der Waals surface area (Å²) < 4.78 is 2.33. The largest absolute Gasteiger partial charge is 0.353 e. The van der Waals surface area contributed by atoms with Crippen LogP contribution in [0.4, 0.5) is 5.95 Å². The molecule has 0 aromatic carbocycles. The molecule has 2 saturated carbocycles. The van der Waals surface area contributed by atoms with Gasteiger partial charge in [0.2, 0.25) is 5.95 Å². The Morgan fingerprint density at radius 2 is 2.06 bits per heavy atom. The van der Waals surface area contributed by atoms with Crippen LogP contribution >= 0.6 is 0 Å². The van der Waals surface area contributed by atoms with Crippen molar-refractivity contribution in [3.63, 3.8) is 0 Å². The van der Waals surface area contributed by atoms with E-state index in [0.29, 0.717) is 17.5 Å². The summed E-state index contributed by atoms with van der Waals surface area (Å²) >= 11 is 0. The molecular weight excluding hydrogens is 198 g/mol. The third-order valence-electron chi connectivity index (χ3n) is 4.15. The molecule has 88 valence electrons. The number of nitrogens with one attached hydrogen (secondary N) is 1. The van der Waals surface area contributed by atoms with Crippen molar-refractivity contribution in [2.45, 2.75) is 58.0 Å². The molecule has 0 aliphatic heterocycles. The molecule has 1 heterocycles. The summed E-state index contributed by atoms with van der Waals surface area (Å²) in [4.78, 5) is 4.46. The minimum absolute atomic E-state index is 0.465. The van der Waals surface area contributed by atoms with Gasteiger partial charge < -0.3 is 9.88 Å². The number of hydrogen-bond acceptors (Lipinski definition) is 2. The lowest BCUT2D eigenvalue weighted by atomic mass is 10.2. The van der Waals surface area contributed by atoms with Crippen LogP contribution in [0.5, 0.6) is 0 Å². The maximum Gasteiger partial charge on any atom is 0.203 e. The topological polar surface area (TPSA) is 29.9 Å². The van der Waals surface area contributed by atoms with Crippen molar-refractivity contribution >= 4 is 5.95 Å². The first-order valence-corrected chi connectivity index (χ1v) is 6.46. The standard InChI is InChI=1S/C13H21N3/c1-13(2)9-11(13)16-8-7-14-12(16)15-10-5-3-4-6-10/h7-8,10-11H,3-6,9H2,1-2H3,(H,14,15). The van der Waals surface area contributed by atoms with Crippen molar-refractivity contribution in [2.75, 3.05) is 5.32 Å². The van der Waals surface area contributed by atoms with Crippen LogP contribution in [0.25, 0.3) is 0 Å². The lowest BCUT2D eigenvalue weighted by Gasteiger charge is -2.15. The van der Waals surface area contributed by atoms with E-state index in [9.17, 15) is 0 Å². The third kappa shape index (κ3) is 1.72. The summed E-state index contributed by atoms with van der Waals surface area (Å²) in [5, 5.41) is 3.60. The number of nitrogens with zero attached hydrogens (tertiary/aromatic N) is 2. The molecule has 0 bridgehead atoms. The lowest BCUT2D eigenvalue weighted by Crippen LogP contribution is -2.18. The van der Waals surface area contributed by atoms with E-state index in [1.54, 1.807) is 0 Å². The van der Waals surface area contributed by atoms with E-state index >= 15 is 0 Å². The highest BCUT2D eigenvalue weighted by atomic mass is 15.2. The molecule has 3 nitrogen and oxygen atoms in total. The SMILES string of the molecule is CC1(C)CC1n1ccnc1NC1CCCC1. The van der Waals surface area contributed by atoms with Crippen molar-refractivity contribution in [3.8, 4) is 0 Å². The van der Waals surface area contributed by atoms with E-state index in [0.717, 1.165) is 5.95 Å². The first-order valence-electron chi connectivity index (χ1n) is 6.46. The summed E-state index contributed by atoms with van der Waals surface area (Å²) in [5.74, 6) is 1.09. The molecule has 1 aromatic heterocycles. The van der Waals surface area contributed by atoms with E-state index < -0.39 is 0 Å². The Kier molecular flexibility index (Phi) is 2.23. The fourth-order valence-electron chi connectivity index (χ4n) is 2.84. The summed E-state index contributed by atoms with van der Waals surface area (Å²) in [7, 11) is 0. The van der Waals surface area contributed by atoms with Gasteiger partial charge in [-0.2, -0.15) is 0 Å². The van der Waals surface area contributed by atoms with Crippen molar-refractivity contribution < 1.29 is 0 Å². The molecule has 0 amide bonds. The Bertz CT molecular complexity index is 374. The van der Waals surface area contributed by atoms with Gasteiger partial charge in [-0.3, -0.25) is 0 Å². The highest BCUT2D eigenvalue weighted by Crippen LogP contribution is 2.56. The number of hydrogen-bond donors (Lipinski definition) is 1. The summed E-state index contributed by atoms with van der Waals surface area (Å²) in [6, 6.07) is 1.31. The molecule has 0 saturated heterocycles. The van der Waals surface area contributed by atoms with Crippen LogP contribution in [0.3, 0.4) is 0 Å². The molecule has 2 aliphatic carbocycles. The second-order valence-electron chi connectivity index (χ2n) is 5.99. The van der Waals surface area contributed by atoms with E-state index in [1.807, 2.05) is 6.20 Å². The smallest absolute Gasteiger partial charge is 0.203 e. The lowest BCUT2D eigenvalue weighted by molar-refractivity contribution is 0.541. The first kappa shape index (κ1) is 10.2. The van der Waals surface area contributed by atoms with Crippen LogP contribution < -0.4 is 5.32 Å². The second kappa shape index (κ2) is 3.51. The number of rotatable bonds is 3. The van der Waals surface area contributed by atoms with Crippen molar-refractivity contribution in [1.29, 1.82) is 0 Å². The van der Waals surface area contributed by atoms with Crippen LogP contribution in [-0.2, 0) is 0 Å². The van der Waals surface area contributed by atoms with Gasteiger partial charge in [0.05, 0.1) is 0 Å². The van der Waals surface area contributed by atoms with Gasteiger partial charge in [-0.1, -0.05) is 26.7 Å². The molecule has 3 rings (SSSR count). The van der Waals surface area contributed by atoms with Crippen molar-refractivity contribution in [2.24, 2.45) is 5.41 Å². The number of imidazole rings is 1. The molecule has 0 radical (unpaired) electrons. The number of anilines is 1. The maximum absolute atomic E-state index is 4.46. The first-order chi connectivity index (χ1) is 7.67. The molecule has 0 spiro atoms. The minimum atomic E-state index is 0.465. The van der Waals surface area contributed by atoms with E-state index in [4.69, 9.17) is 0 Å². The highest BCUT2D eigenvalue weighted by molar-refractivity contribution is 5.31. The van der Waals surface area contributed by atoms with Crippen LogP contribution in [0.2, 0.25) is 0 Å². The van der Waals surface area contributed by atoms with Gasteiger partial charge in [0, 0.05) is 24.5 Å². The van der Waals surface area contributed by atoms with Gasteiger partial charge >= 0.3 is 0 Å². The van der Waals surface area contributed by atoms with Gasteiger partial charge in [-0.05, 0) is 24.7 Å². The van der Waals surface area contributed by atoms with Crippen LogP contribution in [0.15, 0.2) is 12.4 Å². The van der Waals surface area contributed by atoms with Gasteiger partial charge in [0.25, 0.3) is 0 Å². The average Bonchev–Trinajstić information content (AvgIpc) is 2.70. The highest BCUT2D eigenvalue weighted by Gasteiger charge is 2.47. The average molecular weight is 219 g/mol. The third-order valence-corrected chi connectivity index (χ3v) is 4.15. The van der Waals surface area contributed by atoms with Gasteiger partial charge in [0.1, 0.15) is 0 Å². The van der Waals surface area contributed by atoms with E-state index in [1.165, 1.54) is 32.1 Å². The molecule has 3 heteroatoms. The zero-order valence-corrected chi connectivity index (χ0v) is 10.2. The second-order valence-corrected chi connectivity index (χ2v) is 5.99. The number of aromatic nitrogens is 2. The quantitative estimate of drug-likeness (QED) is 0.846. The van der Waals surface area contributed by atoms with Gasteiger partial charge in [-0.15, -0.1) is 0 Å². The minimum Gasteiger partial charge on any atom is -0.353 e. The van der Waals surface area contributed by atoms with Crippen molar-refractivity contribution in [1.82, 2.24) is 9.55 Å². The molecular formula is C13H21N3. The predicted molar refractivity (Wildman–Crippen MR) is 65.5 cm³/mol. The summed E-state index contributed by atoms with van der Waals surface area (Å²) in [5.41, 5.74) is 0.465. The molecule has 2 aliphatic rings. The summed E-state index contributed by atoms with van der Waals surface area (Å²) in [6.45, 7) is 4.66. The summed E-state index contributed by atoms with van der Waals surface area (Å²) in [6.07, 6.45) is 10.7. The van der Waals surface area contributed by atoms with E-state index in [2.05, 4.69) is 34.9 Å². The molecule has 1 aromatic rings. The Morgan fingerprint density at radius 1 is 1.38 bits per heavy atom. The van der Waals surface area contributed by atoms with Gasteiger partial charge in [-0.25, -0.2) is 4.98 Å². The molecule has 1 unspecified atom stereocenters. The van der Waals surface area contributed by atoms with Crippen LogP contribution in [-0.4, -0.2) is 15.6 Å². The Labute approximate surface area is 97.3 Å². The Hall–Kier alpha value is -0.990. The molecule has 2 fully saturated rings. The fourth-order valence-corrected chi connectivity index (χ4v) is 2.84. The van der Waals surface area contributed by atoms with Crippen molar-refractivity contribution in [3.05, 3.63) is 12.4 Å². The fraction of sp³-hybridized carbons (Fsp3) is 0.769. The van der Waals surface area contributed by atoms with Gasteiger partial charge in [0.15, 0.2) is 0 Å².